The van der Waals surface area contributed by atoms with E-state index in [1.54, 1.807) is 30.3 Å². The molecule has 0 aromatic heterocycles. The van der Waals surface area contributed by atoms with Crippen molar-refractivity contribution in [1.82, 2.24) is 4.72 Å². The molecule has 1 aromatic rings. The van der Waals surface area contributed by atoms with Gasteiger partial charge in [0.25, 0.3) is 0 Å². The molecular weight excluding hydrogens is 377 g/mol. The fraction of sp³-hybridized carbons (Fsp3) is 0.647. The van der Waals surface area contributed by atoms with Crippen molar-refractivity contribution in [3.05, 3.63) is 35.9 Å². The summed E-state index contributed by atoms with van der Waals surface area (Å²) in [5, 5.41) is 0. The second-order valence-electron chi connectivity index (χ2n) is 6.88. The molecule has 1 unspecified atom stereocenters. The third-order valence-electron chi connectivity index (χ3n) is 4.00. The monoisotopic (exact) mass is 407 g/mol. The van der Waals surface area contributed by atoms with E-state index in [9.17, 15) is 22.8 Å². The van der Waals surface area contributed by atoms with Crippen LogP contribution in [0.1, 0.15) is 64.5 Å². The average Bonchev–Trinajstić information content (AvgIpc) is 2.51. The minimum Gasteiger partial charge on any atom is -0.303 e. The van der Waals surface area contributed by atoms with Crippen molar-refractivity contribution in [2.75, 3.05) is 5.75 Å². The van der Waals surface area contributed by atoms with Crippen LogP contribution in [0.25, 0.3) is 0 Å². The molecule has 1 rings (SSSR count). The lowest BCUT2D eigenvalue weighted by atomic mass is 9.93. The minimum absolute atomic E-state index is 0.0357. The van der Waals surface area contributed by atoms with Gasteiger partial charge in [0.1, 0.15) is 0 Å². The summed E-state index contributed by atoms with van der Waals surface area (Å²) in [6.45, 7) is 4.99. The maximum Gasteiger partial charge on any atom is 0.470 e. The van der Waals surface area contributed by atoms with Crippen LogP contribution in [-0.2, 0) is 19.1 Å². The topological polar surface area (TPSA) is 113 Å². The maximum absolute atomic E-state index is 12.5. The van der Waals surface area contributed by atoms with E-state index in [1.165, 1.54) is 13.8 Å². The standard InChI is InChI=1S/C17H30NO6PS/c1-4-5-6-7-11-14-26(22,23)18-16(15-12-9-8-10-13-15)17(2,3)24-25(19,20)21/h8-10,12-13,16,18H,4-7,11,14H2,1-3H3,(H2,19,20,21). The molecule has 0 saturated heterocycles. The van der Waals surface area contributed by atoms with Gasteiger partial charge in [-0.2, -0.15) is 0 Å². The van der Waals surface area contributed by atoms with E-state index >= 15 is 0 Å². The summed E-state index contributed by atoms with van der Waals surface area (Å²) in [5.74, 6) is -0.0357. The number of hydrogen-bond donors (Lipinski definition) is 3. The largest absolute Gasteiger partial charge is 0.470 e. The maximum atomic E-state index is 12.5. The Morgan fingerprint density at radius 3 is 2.23 bits per heavy atom. The molecule has 3 N–H and O–H groups in total. The molecule has 0 aliphatic heterocycles. The summed E-state index contributed by atoms with van der Waals surface area (Å²) >= 11 is 0. The van der Waals surface area contributed by atoms with Crippen molar-refractivity contribution in [3.8, 4) is 0 Å². The van der Waals surface area contributed by atoms with Gasteiger partial charge in [0, 0.05) is 0 Å². The molecule has 0 radical (unpaired) electrons. The van der Waals surface area contributed by atoms with Crippen molar-refractivity contribution in [2.45, 2.75) is 64.5 Å². The fourth-order valence-electron chi connectivity index (χ4n) is 2.75. The first kappa shape index (κ1) is 23.3. The zero-order valence-corrected chi connectivity index (χ0v) is 17.3. The summed E-state index contributed by atoms with van der Waals surface area (Å²) in [5.41, 5.74) is -0.879. The lowest BCUT2D eigenvalue weighted by Gasteiger charge is -2.34. The van der Waals surface area contributed by atoms with Crippen LogP contribution in [0, 0.1) is 0 Å². The molecule has 7 nitrogen and oxygen atoms in total. The predicted molar refractivity (Wildman–Crippen MR) is 102 cm³/mol. The first-order valence-corrected chi connectivity index (χ1v) is 12.0. The van der Waals surface area contributed by atoms with Crippen molar-refractivity contribution < 1.29 is 27.3 Å². The number of hydrogen-bond acceptors (Lipinski definition) is 4. The van der Waals surface area contributed by atoms with Crippen LogP contribution in [0.2, 0.25) is 0 Å². The van der Waals surface area contributed by atoms with E-state index in [-0.39, 0.29) is 5.75 Å². The number of benzene rings is 1. The Morgan fingerprint density at radius 2 is 1.69 bits per heavy atom. The van der Waals surface area contributed by atoms with Gasteiger partial charge < -0.3 is 9.79 Å². The van der Waals surface area contributed by atoms with Gasteiger partial charge in [-0.15, -0.1) is 0 Å². The van der Waals surface area contributed by atoms with Crippen LogP contribution < -0.4 is 4.72 Å². The molecule has 0 aliphatic rings. The Balaban J connectivity index is 2.94. The SMILES string of the molecule is CCCCCCCS(=O)(=O)NC(c1ccccc1)C(C)(C)OP(=O)(O)O. The van der Waals surface area contributed by atoms with Gasteiger partial charge in [-0.25, -0.2) is 17.7 Å². The Labute approximate surface area is 156 Å². The summed E-state index contributed by atoms with van der Waals surface area (Å²) in [4.78, 5) is 18.4. The molecule has 0 saturated carbocycles. The molecule has 0 spiro atoms. The quantitative estimate of drug-likeness (QED) is 0.361. The van der Waals surface area contributed by atoms with Crippen molar-refractivity contribution in [3.63, 3.8) is 0 Å². The van der Waals surface area contributed by atoms with E-state index < -0.39 is 29.5 Å². The normalized spacial score (nSPS) is 14.3. The lowest BCUT2D eigenvalue weighted by Crippen LogP contribution is -2.44. The van der Waals surface area contributed by atoms with Crippen molar-refractivity contribution in [2.24, 2.45) is 0 Å². The Hall–Kier alpha value is -0.760. The predicted octanol–water partition coefficient (Wildman–Crippen LogP) is 3.51. The van der Waals surface area contributed by atoms with E-state index in [1.807, 2.05) is 0 Å². The van der Waals surface area contributed by atoms with Crippen molar-refractivity contribution >= 4 is 17.8 Å². The number of phosphoric ester groups is 1. The molecule has 0 fully saturated rings. The van der Waals surface area contributed by atoms with E-state index in [4.69, 9.17) is 4.52 Å². The first-order chi connectivity index (χ1) is 12.0. The fourth-order valence-corrected chi connectivity index (χ4v) is 4.95. The lowest BCUT2D eigenvalue weighted by molar-refractivity contribution is 0.0376. The van der Waals surface area contributed by atoms with Crippen LogP contribution in [0.5, 0.6) is 0 Å². The Kier molecular flexibility index (Phi) is 8.93. The highest BCUT2D eigenvalue weighted by Crippen LogP contribution is 2.45. The Morgan fingerprint density at radius 1 is 1.12 bits per heavy atom. The highest BCUT2D eigenvalue weighted by molar-refractivity contribution is 7.89. The zero-order valence-electron chi connectivity index (χ0n) is 15.6. The second-order valence-corrected chi connectivity index (χ2v) is 9.92. The van der Waals surface area contributed by atoms with Gasteiger partial charge in [0.15, 0.2) is 0 Å². The van der Waals surface area contributed by atoms with Crippen LogP contribution in [0.3, 0.4) is 0 Å². The third-order valence-corrected chi connectivity index (χ3v) is 6.13. The number of sulfonamides is 1. The van der Waals surface area contributed by atoms with E-state index in [0.29, 0.717) is 12.0 Å². The highest BCUT2D eigenvalue weighted by atomic mass is 32.2. The summed E-state index contributed by atoms with van der Waals surface area (Å²) < 4.78 is 43.8. The van der Waals surface area contributed by atoms with Gasteiger partial charge in [-0.1, -0.05) is 62.9 Å². The Bertz CT molecular complexity index is 686. The highest BCUT2D eigenvalue weighted by Gasteiger charge is 2.39. The van der Waals surface area contributed by atoms with Crippen LogP contribution >= 0.6 is 7.82 Å². The van der Waals surface area contributed by atoms with Gasteiger partial charge in [-0.05, 0) is 25.8 Å². The number of phosphoric acid groups is 1. The van der Waals surface area contributed by atoms with Gasteiger partial charge in [-0.3, -0.25) is 4.52 Å². The molecule has 0 aliphatic carbocycles. The van der Waals surface area contributed by atoms with Crippen LogP contribution in [0.15, 0.2) is 30.3 Å². The molecule has 1 aromatic carbocycles. The molecular formula is C17H30NO6PS. The van der Waals surface area contributed by atoms with Crippen LogP contribution in [-0.4, -0.2) is 29.6 Å². The van der Waals surface area contributed by atoms with Crippen LogP contribution in [0.4, 0.5) is 0 Å². The molecule has 150 valence electrons. The average molecular weight is 407 g/mol. The molecule has 0 heterocycles. The summed E-state index contributed by atoms with van der Waals surface area (Å²) in [7, 11) is -8.43. The molecule has 9 heteroatoms. The van der Waals surface area contributed by atoms with Crippen molar-refractivity contribution in [1.29, 1.82) is 0 Å². The third kappa shape index (κ3) is 8.75. The minimum atomic E-state index is -4.80. The van der Waals surface area contributed by atoms with Gasteiger partial charge in [0.2, 0.25) is 10.0 Å². The summed E-state index contributed by atoms with van der Waals surface area (Å²) in [6.07, 6.45) is 4.50. The number of nitrogens with one attached hydrogen (secondary N) is 1. The smallest absolute Gasteiger partial charge is 0.303 e. The van der Waals surface area contributed by atoms with E-state index in [0.717, 1.165) is 25.7 Å². The second kappa shape index (κ2) is 9.97. The first-order valence-electron chi connectivity index (χ1n) is 8.78. The van der Waals surface area contributed by atoms with E-state index in [2.05, 4.69) is 11.6 Å². The molecule has 0 bridgehead atoms. The van der Waals surface area contributed by atoms with Gasteiger partial charge >= 0.3 is 7.82 Å². The zero-order chi connectivity index (χ0) is 19.8. The molecule has 1 atom stereocenters. The summed E-state index contributed by atoms with van der Waals surface area (Å²) in [6, 6.07) is 7.69. The number of unbranched alkanes of at least 4 members (excludes halogenated alkanes) is 4. The number of rotatable bonds is 12. The van der Waals surface area contributed by atoms with Gasteiger partial charge in [0.05, 0.1) is 17.4 Å². The molecule has 26 heavy (non-hydrogen) atoms. The molecule has 0 amide bonds.